The Morgan fingerprint density at radius 1 is 1.30 bits per heavy atom. The number of nitrogens with zero attached hydrogens (tertiary/aromatic N) is 3. The summed E-state index contributed by atoms with van der Waals surface area (Å²) in [6, 6.07) is 1.75. The average molecular weight is 276 g/mol. The van der Waals surface area contributed by atoms with E-state index in [2.05, 4.69) is 36.1 Å². The van der Waals surface area contributed by atoms with Crippen molar-refractivity contribution in [1.82, 2.24) is 14.9 Å². The van der Waals surface area contributed by atoms with Crippen LogP contribution in [0.4, 0.5) is 5.95 Å². The van der Waals surface area contributed by atoms with Crippen molar-refractivity contribution >= 4 is 11.9 Å². The SMILES string of the molecule is CC(C)(C)C1CCN(C(=O)CNc2ncccn2)CC1. The van der Waals surface area contributed by atoms with Crippen LogP contribution in [0.3, 0.4) is 0 Å². The Labute approximate surface area is 120 Å². The standard InChI is InChI=1S/C15H24N4O/c1-15(2,3)12-5-9-19(10-6-12)13(20)11-18-14-16-7-4-8-17-14/h4,7-8,12H,5-6,9-11H2,1-3H3,(H,16,17,18). The molecule has 5 nitrogen and oxygen atoms in total. The molecule has 0 atom stereocenters. The maximum atomic E-state index is 12.1. The third-order valence-electron chi connectivity index (χ3n) is 4.04. The molecule has 1 aromatic rings. The van der Waals surface area contributed by atoms with E-state index >= 15 is 0 Å². The minimum absolute atomic E-state index is 0.129. The van der Waals surface area contributed by atoms with Crippen molar-refractivity contribution in [2.75, 3.05) is 25.0 Å². The van der Waals surface area contributed by atoms with Crippen LogP contribution in [0.2, 0.25) is 0 Å². The first kappa shape index (κ1) is 14.8. The molecule has 2 rings (SSSR count). The molecule has 20 heavy (non-hydrogen) atoms. The number of carbonyl (C=O) groups excluding carboxylic acids is 1. The first-order valence-corrected chi connectivity index (χ1v) is 7.25. The molecule has 0 bridgehead atoms. The fourth-order valence-corrected chi connectivity index (χ4v) is 2.65. The van der Waals surface area contributed by atoms with Gasteiger partial charge in [0.25, 0.3) is 0 Å². The van der Waals surface area contributed by atoms with Crippen molar-refractivity contribution in [3.05, 3.63) is 18.5 Å². The molecule has 5 heteroatoms. The van der Waals surface area contributed by atoms with Crippen LogP contribution in [0, 0.1) is 11.3 Å². The summed E-state index contributed by atoms with van der Waals surface area (Å²) in [6.07, 6.45) is 5.51. The molecular formula is C15H24N4O. The third-order valence-corrected chi connectivity index (χ3v) is 4.04. The average Bonchev–Trinajstić information content (AvgIpc) is 2.45. The number of carbonyl (C=O) groups is 1. The Bertz CT molecular complexity index is 433. The molecule has 0 unspecified atom stereocenters. The molecule has 1 aliphatic rings. The highest BCUT2D eigenvalue weighted by atomic mass is 16.2. The monoisotopic (exact) mass is 276 g/mol. The Hall–Kier alpha value is -1.65. The van der Waals surface area contributed by atoms with Gasteiger partial charge >= 0.3 is 0 Å². The zero-order valence-electron chi connectivity index (χ0n) is 12.6. The van der Waals surface area contributed by atoms with E-state index in [9.17, 15) is 4.79 Å². The van der Waals surface area contributed by atoms with Crippen LogP contribution in [0.1, 0.15) is 33.6 Å². The first-order valence-electron chi connectivity index (χ1n) is 7.25. The van der Waals surface area contributed by atoms with Crippen LogP contribution in [0.25, 0.3) is 0 Å². The van der Waals surface area contributed by atoms with Gasteiger partial charge in [0.15, 0.2) is 0 Å². The minimum atomic E-state index is 0.129. The molecule has 1 amide bonds. The van der Waals surface area contributed by atoms with E-state index in [-0.39, 0.29) is 12.5 Å². The number of hydrogen-bond acceptors (Lipinski definition) is 4. The Kier molecular flexibility index (Phi) is 4.57. The zero-order valence-corrected chi connectivity index (χ0v) is 12.6. The molecule has 2 heterocycles. The summed E-state index contributed by atoms with van der Waals surface area (Å²) in [4.78, 5) is 22.2. The highest BCUT2D eigenvalue weighted by molar-refractivity contribution is 5.80. The summed E-state index contributed by atoms with van der Waals surface area (Å²) in [6.45, 7) is 8.83. The number of aromatic nitrogens is 2. The van der Waals surface area contributed by atoms with Crippen LogP contribution >= 0.6 is 0 Å². The lowest BCUT2D eigenvalue weighted by molar-refractivity contribution is -0.131. The number of piperidine rings is 1. The summed E-state index contributed by atoms with van der Waals surface area (Å²) in [7, 11) is 0. The van der Waals surface area contributed by atoms with Gasteiger partial charge in [-0.25, -0.2) is 9.97 Å². The number of amides is 1. The van der Waals surface area contributed by atoms with Gasteiger partial charge in [-0.05, 0) is 30.2 Å². The lowest BCUT2D eigenvalue weighted by Crippen LogP contribution is -2.43. The zero-order chi connectivity index (χ0) is 14.6. The predicted molar refractivity (Wildman–Crippen MR) is 79.3 cm³/mol. The van der Waals surface area contributed by atoms with E-state index in [0.717, 1.165) is 25.9 Å². The van der Waals surface area contributed by atoms with Gasteiger partial charge in [0.05, 0.1) is 6.54 Å². The van der Waals surface area contributed by atoms with Crippen LogP contribution in [-0.2, 0) is 4.79 Å². The van der Waals surface area contributed by atoms with Gasteiger partial charge in [0.1, 0.15) is 0 Å². The van der Waals surface area contributed by atoms with Crippen molar-refractivity contribution in [2.24, 2.45) is 11.3 Å². The molecule has 0 aliphatic carbocycles. The van der Waals surface area contributed by atoms with Gasteiger partial charge in [0.2, 0.25) is 11.9 Å². The van der Waals surface area contributed by atoms with Gasteiger partial charge in [-0.15, -0.1) is 0 Å². The first-order chi connectivity index (χ1) is 9.47. The summed E-state index contributed by atoms with van der Waals surface area (Å²) < 4.78 is 0. The lowest BCUT2D eigenvalue weighted by atomic mass is 9.75. The van der Waals surface area contributed by atoms with Crippen molar-refractivity contribution < 1.29 is 4.79 Å². The van der Waals surface area contributed by atoms with Crippen molar-refractivity contribution in [3.8, 4) is 0 Å². The maximum Gasteiger partial charge on any atom is 0.241 e. The van der Waals surface area contributed by atoms with E-state index < -0.39 is 0 Å². The topological polar surface area (TPSA) is 58.1 Å². The van der Waals surface area contributed by atoms with Crippen molar-refractivity contribution in [1.29, 1.82) is 0 Å². The number of anilines is 1. The molecular weight excluding hydrogens is 252 g/mol. The second-order valence-electron chi connectivity index (χ2n) is 6.45. The van der Waals surface area contributed by atoms with Gasteiger partial charge in [-0.2, -0.15) is 0 Å². The quantitative estimate of drug-likeness (QED) is 0.919. The summed E-state index contributed by atoms with van der Waals surface area (Å²) in [5.74, 6) is 1.34. The van der Waals surface area contributed by atoms with Crippen LogP contribution in [0.15, 0.2) is 18.5 Å². The van der Waals surface area contributed by atoms with Gasteiger partial charge in [-0.1, -0.05) is 20.8 Å². The van der Waals surface area contributed by atoms with E-state index in [1.807, 2.05) is 4.90 Å². The molecule has 1 saturated heterocycles. The molecule has 110 valence electrons. The molecule has 0 spiro atoms. The second kappa shape index (κ2) is 6.20. The predicted octanol–water partition coefficient (Wildman–Crippen LogP) is 2.17. The van der Waals surface area contributed by atoms with E-state index in [4.69, 9.17) is 0 Å². The van der Waals surface area contributed by atoms with Crippen molar-refractivity contribution in [3.63, 3.8) is 0 Å². The molecule has 0 saturated carbocycles. The van der Waals surface area contributed by atoms with Gasteiger partial charge in [0, 0.05) is 25.5 Å². The Balaban J connectivity index is 1.78. The fraction of sp³-hybridized carbons (Fsp3) is 0.667. The summed E-state index contributed by atoms with van der Waals surface area (Å²) >= 11 is 0. The number of hydrogen-bond donors (Lipinski definition) is 1. The molecule has 1 aromatic heterocycles. The fourth-order valence-electron chi connectivity index (χ4n) is 2.65. The summed E-state index contributed by atoms with van der Waals surface area (Å²) in [5, 5.41) is 2.97. The molecule has 1 fully saturated rings. The molecule has 1 aliphatic heterocycles. The van der Waals surface area contributed by atoms with Gasteiger partial charge < -0.3 is 10.2 Å². The number of rotatable bonds is 3. The van der Waals surface area contributed by atoms with E-state index in [1.54, 1.807) is 18.5 Å². The van der Waals surface area contributed by atoms with Crippen molar-refractivity contribution in [2.45, 2.75) is 33.6 Å². The molecule has 0 radical (unpaired) electrons. The molecule has 0 aromatic carbocycles. The third kappa shape index (κ3) is 3.92. The van der Waals surface area contributed by atoms with Crippen LogP contribution in [-0.4, -0.2) is 40.4 Å². The van der Waals surface area contributed by atoms with E-state index in [0.29, 0.717) is 17.3 Å². The lowest BCUT2D eigenvalue weighted by Gasteiger charge is -2.38. The summed E-state index contributed by atoms with van der Waals surface area (Å²) in [5.41, 5.74) is 0.339. The smallest absolute Gasteiger partial charge is 0.241 e. The molecule has 1 N–H and O–H groups in total. The second-order valence-corrected chi connectivity index (χ2v) is 6.45. The number of likely N-dealkylation sites (tertiary alicyclic amines) is 1. The van der Waals surface area contributed by atoms with Crippen LogP contribution in [0.5, 0.6) is 0 Å². The largest absolute Gasteiger partial charge is 0.345 e. The van der Waals surface area contributed by atoms with Gasteiger partial charge in [-0.3, -0.25) is 4.79 Å². The van der Waals surface area contributed by atoms with Crippen LogP contribution < -0.4 is 5.32 Å². The maximum absolute atomic E-state index is 12.1. The van der Waals surface area contributed by atoms with E-state index in [1.165, 1.54) is 0 Å². The Morgan fingerprint density at radius 3 is 2.45 bits per heavy atom. The normalized spacial score (nSPS) is 17.1. The number of nitrogens with one attached hydrogen (secondary N) is 1. The minimum Gasteiger partial charge on any atom is -0.345 e. The highest BCUT2D eigenvalue weighted by Crippen LogP contribution is 2.34. The highest BCUT2D eigenvalue weighted by Gasteiger charge is 2.30. The Morgan fingerprint density at radius 2 is 1.90 bits per heavy atom.